The summed E-state index contributed by atoms with van der Waals surface area (Å²) >= 11 is 0. The van der Waals surface area contributed by atoms with Gasteiger partial charge in [0.2, 0.25) is 5.91 Å². The zero-order valence-corrected chi connectivity index (χ0v) is 10.1. The standard InChI is InChI=1S/C12H14N2O5/c15-10(16)6-9-7(3-5-19-9)11(17)14-8-2-1-4-13-12(8)18/h3,5,8H,1-2,4,6H2,(H,13,18)(H,14,17)(H,15,16). The van der Waals surface area contributed by atoms with Crippen molar-refractivity contribution in [2.24, 2.45) is 0 Å². The molecule has 0 aliphatic carbocycles. The maximum absolute atomic E-state index is 12.0. The van der Waals surface area contributed by atoms with Crippen LogP contribution < -0.4 is 10.6 Å². The minimum absolute atomic E-state index is 0.0845. The first kappa shape index (κ1) is 13.1. The van der Waals surface area contributed by atoms with Gasteiger partial charge in [-0.25, -0.2) is 0 Å². The highest BCUT2D eigenvalue weighted by atomic mass is 16.4. The molecule has 7 nitrogen and oxygen atoms in total. The van der Waals surface area contributed by atoms with Crippen molar-refractivity contribution >= 4 is 17.8 Å². The number of piperidine rings is 1. The van der Waals surface area contributed by atoms with E-state index in [9.17, 15) is 14.4 Å². The summed E-state index contributed by atoms with van der Waals surface area (Å²) in [7, 11) is 0. The van der Waals surface area contributed by atoms with Crippen molar-refractivity contribution in [3.63, 3.8) is 0 Å². The van der Waals surface area contributed by atoms with E-state index in [-0.39, 0.29) is 23.7 Å². The van der Waals surface area contributed by atoms with Gasteiger partial charge in [0.1, 0.15) is 18.2 Å². The number of amides is 2. The molecule has 1 aliphatic rings. The summed E-state index contributed by atoms with van der Waals surface area (Å²) in [6, 6.07) is 0.822. The SMILES string of the molecule is O=C(O)Cc1occc1C(=O)NC1CCCNC1=O. The van der Waals surface area contributed by atoms with E-state index in [1.807, 2.05) is 0 Å². The van der Waals surface area contributed by atoms with Crippen molar-refractivity contribution in [1.29, 1.82) is 0 Å². The minimum Gasteiger partial charge on any atom is -0.481 e. The Morgan fingerprint density at radius 3 is 3.00 bits per heavy atom. The third-order valence-electron chi connectivity index (χ3n) is 2.89. The molecule has 1 saturated heterocycles. The maximum atomic E-state index is 12.0. The van der Waals surface area contributed by atoms with Crippen molar-refractivity contribution in [3.05, 3.63) is 23.7 Å². The molecule has 2 heterocycles. The number of carboxylic acids is 1. The molecule has 1 aromatic heterocycles. The van der Waals surface area contributed by atoms with Gasteiger partial charge in [0, 0.05) is 6.54 Å². The van der Waals surface area contributed by atoms with E-state index in [2.05, 4.69) is 10.6 Å². The van der Waals surface area contributed by atoms with Crippen LogP contribution in [-0.4, -0.2) is 35.5 Å². The van der Waals surface area contributed by atoms with Gasteiger partial charge in [-0.3, -0.25) is 14.4 Å². The van der Waals surface area contributed by atoms with Crippen molar-refractivity contribution in [3.8, 4) is 0 Å². The Labute approximate surface area is 109 Å². The lowest BCUT2D eigenvalue weighted by molar-refractivity contribution is -0.136. The van der Waals surface area contributed by atoms with Crippen molar-refractivity contribution in [2.75, 3.05) is 6.54 Å². The molecular formula is C12H14N2O5. The lowest BCUT2D eigenvalue weighted by atomic mass is 10.1. The van der Waals surface area contributed by atoms with Gasteiger partial charge in [0.25, 0.3) is 5.91 Å². The molecule has 1 aliphatic heterocycles. The number of carboxylic acid groups (broad SMARTS) is 1. The first-order chi connectivity index (χ1) is 9.08. The molecule has 0 radical (unpaired) electrons. The highest BCUT2D eigenvalue weighted by Crippen LogP contribution is 2.13. The summed E-state index contributed by atoms with van der Waals surface area (Å²) in [4.78, 5) is 34.1. The van der Waals surface area contributed by atoms with Gasteiger partial charge >= 0.3 is 5.97 Å². The third kappa shape index (κ3) is 3.12. The molecular weight excluding hydrogens is 252 g/mol. The number of carbonyl (C=O) groups excluding carboxylic acids is 2. The Bertz CT molecular complexity index is 508. The molecule has 1 aromatic rings. The zero-order valence-electron chi connectivity index (χ0n) is 10.1. The van der Waals surface area contributed by atoms with Crippen LogP contribution in [0.25, 0.3) is 0 Å². The second-order valence-electron chi connectivity index (χ2n) is 4.29. The van der Waals surface area contributed by atoms with Crippen molar-refractivity contribution < 1.29 is 23.9 Å². The summed E-state index contributed by atoms with van der Waals surface area (Å²) in [5.74, 6) is -1.71. The van der Waals surface area contributed by atoms with Crippen LogP contribution in [0.15, 0.2) is 16.7 Å². The van der Waals surface area contributed by atoms with E-state index in [1.165, 1.54) is 12.3 Å². The molecule has 2 amide bonds. The highest BCUT2D eigenvalue weighted by molar-refractivity contribution is 5.99. The van der Waals surface area contributed by atoms with E-state index in [0.29, 0.717) is 13.0 Å². The number of carbonyl (C=O) groups is 3. The zero-order chi connectivity index (χ0) is 13.8. The molecule has 2 rings (SSSR count). The summed E-state index contributed by atoms with van der Waals surface area (Å²) in [5.41, 5.74) is 0.153. The number of hydrogen-bond acceptors (Lipinski definition) is 4. The van der Waals surface area contributed by atoms with Crippen LogP contribution in [0, 0.1) is 0 Å². The largest absolute Gasteiger partial charge is 0.481 e. The van der Waals surface area contributed by atoms with Crippen molar-refractivity contribution in [1.82, 2.24) is 10.6 Å². The topological polar surface area (TPSA) is 109 Å². The lowest BCUT2D eigenvalue weighted by Gasteiger charge is -2.22. The van der Waals surface area contributed by atoms with Gasteiger partial charge in [0.05, 0.1) is 11.8 Å². The Hall–Kier alpha value is -2.31. The second kappa shape index (κ2) is 5.55. The predicted molar refractivity (Wildman–Crippen MR) is 63.5 cm³/mol. The van der Waals surface area contributed by atoms with Gasteiger partial charge in [-0.2, -0.15) is 0 Å². The summed E-state index contributed by atoms with van der Waals surface area (Å²) in [6.07, 6.45) is 2.26. The molecule has 1 unspecified atom stereocenters. The fourth-order valence-electron chi connectivity index (χ4n) is 1.96. The molecule has 0 aromatic carbocycles. The first-order valence-corrected chi connectivity index (χ1v) is 5.94. The quantitative estimate of drug-likeness (QED) is 0.706. The predicted octanol–water partition coefficient (Wildman–Crippen LogP) is -0.0849. The van der Waals surface area contributed by atoms with Gasteiger partial charge in [-0.05, 0) is 18.9 Å². The Kier molecular flexibility index (Phi) is 3.84. The molecule has 3 N–H and O–H groups in total. The van der Waals surface area contributed by atoms with E-state index in [0.717, 1.165) is 6.42 Å². The molecule has 0 saturated carbocycles. The second-order valence-corrected chi connectivity index (χ2v) is 4.29. The molecule has 1 fully saturated rings. The maximum Gasteiger partial charge on any atom is 0.311 e. The fraction of sp³-hybridized carbons (Fsp3) is 0.417. The summed E-state index contributed by atoms with van der Waals surface area (Å²) in [6.45, 7) is 0.612. The van der Waals surface area contributed by atoms with Crippen LogP contribution in [0.5, 0.6) is 0 Å². The molecule has 0 bridgehead atoms. The van der Waals surface area contributed by atoms with Crippen molar-refractivity contribution in [2.45, 2.75) is 25.3 Å². The number of rotatable bonds is 4. The van der Waals surface area contributed by atoms with E-state index < -0.39 is 17.9 Å². The number of aliphatic carboxylic acids is 1. The Morgan fingerprint density at radius 1 is 1.53 bits per heavy atom. The van der Waals surface area contributed by atoms with Crippen LogP contribution in [0.2, 0.25) is 0 Å². The van der Waals surface area contributed by atoms with E-state index in [1.54, 1.807) is 0 Å². The Balaban J connectivity index is 2.05. The van der Waals surface area contributed by atoms with E-state index in [4.69, 9.17) is 9.52 Å². The van der Waals surface area contributed by atoms with Crippen LogP contribution in [-0.2, 0) is 16.0 Å². The summed E-state index contributed by atoms with van der Waals surface area (Å²) < 4.78 is 4.97. The monoisotopic (exact) mass is 266 g/mol. The first-order valence-electron chi connectivity index (χ1n) is 5.94. The van der Waals surface area contributed by atoms with Crippen LogP contribution in [0.3, 0.4) is 0 Å². The number of hydrogen-bond donors (Lipinski definition) is 3. The molecule has 102 valence electrons. The van der Waals surface area contributed by atoms with E-state index >= 15 is 0 Å². The lowest BCUT2D eigenvalue weighted by Crippen LogP contribution is -2.50. The molecule has 1 atom stereocenters. The fourth-order valence-corrected chi connectivity index (χ4v) is 1.96. The average Bonchev–Trinajstić information content (AvgIpc) is 2.79. The molecule has 0 spiro atoms. The van der Waals surface area contributed by atoms with Gasteiger partial charge in [0.15, 0.2) is 0 Å². The highest BCUT2D eigenvalue weighted by Gasteiger charge is 2.26. The summed E-state index contributed by atoms with van der Waals surface area (Å²) in [5, 5.41) is 13.9. The van der Waals surface area contributed by atoms with Crippen LogP contribution >= 0.6 is 0 Å². The third-order valence-corrected chi connectivity index (χ3v) is 2.89. The van der Waals surface area contributed by atoms with Crippen LogP contribution in [0.1, 0.15) is 29.0 Å². The van der Waals surface area contributed by atoms with Gasteiger partial charge in [-0.15, -0.1) is 0 Å². The molecule has 7 heteroatoms. The number of furan rings is 1. The minimum atomic E-state index is -1.08. The van der Waals surface area contributed by atoms with Gasteiger partial charge in [-0.1, -0.05) is 0 Å². The number of nitrogens with one attached hydrogen (secondary N) is 2. The molecule has 19 heavy (non-hydrogen) atoms. The van der Waals surface area contributed by atoms with Crippen LogP contribution in [0.4, 0.5) is 0 Å². The smallest absolute Gasteiger partial charge is 0.311 e. The Morgan fingerprint density at radius 2 is 2.32 bits per heavy atom. The normalized spacial score (nSPS) is 18.7. The average molecular weight is 266 g/mol. The van der Waals surface area contributed by atoms with Gasteiger partial charge < -0.3 is 20.2 Å².